The first kappa shape index (κ1) is 25.7. The zero-order valence-electron chi connectivity index (χ0n) is 16.7. The molecule has 1 aliphatic carbocycles. The molecule has 3 heteroatoms. The van der Waals surface area contributed by atoms with E-state index in [1.807, 2.05) is 79.7 Å². The van der Waals surface area contributed by atoms with E-state index < -0.39 is 0 Å². The fourth-order valence-corrected chi connectivity index (χ4v) is 2.57. The van der Waals surface area contributed by atoms with Crippen molar-refractivity contribution in [1.29, 1.82) is 0 Å². The summed E-state index contributed by atoms with van der Waals surface area (Å²) in [5.74, 6) is 0. The second-order valence-electron chi connectivity index (χ2n) is 6.34. The van der Waals surface area contributed by atoms with Crippen LogP contribution in [0.1, 0.15) is 26.2 Å². The largest absolute Gasteiger partial charge is 2.00 e. The second-order valence-corrected chi connectivity index (χ2v) is 6.34. The van der Waals surface area contributed by atoms with Crippen LogP contribution >= 0.6 is 0 Å². The van der Waals surface area contributed by atoms with Gasteiger partial charge in [0.25, 0.3) is 0 Å². The van der Waals surface area contributed by atoms with E-state index in [0.29, 0.717) is 0 Å². The van der Waals surface area contributed by atoms with Crippen LogP contribution in [0.15, 0.2) is 84.0 Å². The summed E-state index contributed by atoms with van der Waals surface area (Å²) in [6.45, 7) is 2.90. The molecule has 1 N–H and O–H groups in total. The Balaban J connectivity index is 0.000000429. The molecule has 2 nitrogen and oxygen atoms in total. The zero-order chi connectivity index (χ0) is 19.0. The molecule has 1 atom stereocenters. The van der Waals surface area contributed by atoms with Crippen LogP contribution in [0, 0.1) is 12.1 Å². The zero-order valence-corrected chi connectivity index (χ0v) is 19.2. The van der Waals surface area contributed by atoms with Gasteiger partial charge in [-0.15, -0.1) is 0 Å². The SMILES string of the molecule is CCCC1=C(C(O)CN(C)C)CC=C1.[Zr+2].[c-]1ccccc1.[c-]1ccccc1. The van der Waals surface area contributed by atoms with Crippen LogP contribution in [0.25, 0.3) is 0 Å². The second kappa shape index (κ2) is 16.9. The Hall–Kier alpha value is -1.28. The average Bonchev–Trinajstić information content (AvgIpc) is 3.14. The van der Waals surface area contributed by atoms with Gasteiger partial charge in [-0.3, -0.25) is 0 Å². The molecule has 0 amide bonds. The minimum absolute atomic E-state index is 0. The number of benzene rings is 2. The fourth-order valence-electron chi connectivity index (χ4n) is 2.57. The van der Waals surface area contributed by atoms with Crippen molar-refractivity contribution >= 4 is 0 Å². The van der Waals surface area contributed by atoms with Gasteiger partial charge in [0.15, 0.2) is 0 Å². The molecular weight excluding hydrogens is 409 g/mol. The van der Waals surface area contributed by atoms with Crippen molar-refractivity contribution in [2.75, 3.05) is 20.6 Å². The minimum atomic E-state index is -0.290. The Morgan fingerprint density at radius 3 is 1.81 bits per heavy atom. The Bertz CT molecular complexity index is 538. The number of likely N-dealkylation sites (N-methyl/N-ethyl adjacent to an activating group) is 1. The number of nitrogens with zero attached hydrogens (tertiary/aromatic N) is 1. The van der Waals surface area contributed by atoms with Crippen LogP contribution in [0.4, 0.5) is 0 Å². The molecule has 1 aliphatic rings. The number of rotatable bonds is 5. The maximum atomic E-state index is 9.98. The third-order valence-corrected chi connectivity index (χ3v) is 3.74. The average molecular weight is 441 g/mol. The van der Waals surface area contributed by atoms with Crippen molar-refractivity contribution in [2.24, 2.45) is 0 Å². The molecule has 142 valence electrons. The fraction of sp³-hybridized carbons (Fsp3) is 0.333. The Labute approximate surface area is 184 Å². The predicted molar refractivity (Wildman–Crippen MR) is 111 cm³/mol. The van der Waals surface area contributed by atoms with Gasteiger partial charge in [-0.2, -0.15) is 72.8 Å². The number of hydrogen-bond acceptors (Lipinski definition) is 2. The molecular formula is C24H31NOZr. The Morgan fingerprint density at radius 2 is 1.48 bits per heavy atom. The van der Waals surface area contributed by atoms with Crippen LogP contribution in [-0.4, -0.2) is 36.8 Å². The summed E-state index contributed by atoms with van der Waals surface area (Å²) in [6, 6.07) is 25.0. The van der Waals surface area contributed by atoms with Gasteiger partial charge in [0, 0.05) is 6.54 Å². The molecule has 0 fully saturated rings. The van der Waals surface area contributed by atoms with Crippen molar-refractivity contribution < 1.29 is 31.3 Å². The van der Waals surface area contributed by atoms with E-state index in [-0.39, 0.29) is 32.3 Å². The summed E-state index contributed by atoms with van der Waals surface area (Å²) in [4.78, 5) is 2.03. The third kappa shape index (κ3) is 12.7. The quantitative estimate of drug-likeness (QED) is 0.666. The topological polar surface area (TPSA) is 23.5 Å². The molecule has 2 aromatic rings. The van der Waals surface area contributed by atoms with Gasteiger partial charge >= 0.3 is 26.2 Å². The predicted octanol–water partition coefficient (Wildman–Crippen LogP) is 4.94. The molecule has 0 aliphatic heterocycles. The normalized spacial score (nSPS) is 13.1. The molecule has 0 bridgehead atoms. The number of hydrogen-bond donors (Lipinski definition) is 1. The maximum absolute atomic E-state index is 9.98. The molecule has 0 heterocycles. The van der Waals surface area contributed by atoms with Gasteiger partial charge in [-0.25, -0.2) is 0 Å². The van der Waals surface area contributed by atoms with E-state index in [1.54, 1.807) is 0 Å². The van der Waals surface area contributed by atoms with Crippen molar-refractivity contribution in [3.63, 3.8) is 0 Å². The van der Waals surface area contributed by atoms with Gasteiger partial charge in [0.1, 0.15) is 0 Å². The first-order valence-electron chi connectivity index (χ1n) is 9.18. The van der Waals surface area contributed by atoms with Crippen LogP contribution in [-0.2, 0) is 26.2 Å². The van der Waals surface area contributed by atoms with E-state index in [9.17, 15) is 5.11 Å². The molecule has 27 heavy (non-hydrogen) atoms. The molecule has 2 aromatic carbocycles. The van der Waals surface area contributed by atoms with E-state index >= 15 is 0 Å². The van der Waals surface area contributed by atoms with Crippen molar-refractivity contribution in [3.8, 4) is 0 Å². The molecule has 3 rings (SSSR count). The first-order chi connectivity index (χ1) is 12.6. The summed E-state index contributed by atoms with van der Waals surface area (Å²) in [6.07, 6.45) is 7.21. The van der Waals surface area contributed by atoms with Gasteiger partial charge in [0.05, 0.1) is 6.10 Å². The first-order valence-corrected chi connectivity index (χ1v) is 9.18. The summed E-state index contributed by atoms with van der Waals surface area (Å²) >= 11 is 0. The van der Waals surface area contributed by atoms with Crippen LogP contribution in [0.3, 0.4) is 0 Å². The molecule has 1 unspecified atom stereocenters. The standard InChI is InChI=1S/C12H21NO.2C6H5.Zr/c1-4-6-10-7-5-8-11(10)12(14)9-13(2)3;2*1-2-4-6-5-3-1;/h5,7,12,14H,4,6,8-9H2,1-3H3;2*1-5H;/q;2*-1;+2. The van der Waals surface area contributed by atoms with Gasteiger partial charge in [-0.05, 0) is 38.1 Å². The molecule has 0 aromatic heterocycles. The van der Waals surface area contributed by atoms with Crippen molar-refractivity contribution in [3.05, 3.63) is 96.1 Å². The van der Waals surface area contributed by atoms with E-state index in [4.69, 9.17) is 0 Å². The monoisotopic (exact) mass is 439 g/mol. The summed E-state index contributed by atoms with van der Waals surface area (Å²) in [5.41, 5.74) is 2.57. The van der Waals surface area contributed by atoms with Crippen molar-refractivity contribution in [2.45, 2.75) is 32.3 Å². The molecule has 0 saturated heterocycles. The van der Waals surface area contributed by atoms with Gasteiger partial charge < -0.3 is 10.0 Å². The maximum Gasteiger partial charge on any atom is 2.00 e. The van der Waals surface area contributed by atoms with E-state index in [0.717, 1.165) is 25.8 Å². The summed E-state index contributed by atoms with van der Waals surface area (Å²) in [5, 5.41) is 9.98. The smallest absolute Gasteiger partial charge is 0.387 e. The number of allylic oxidation sites excluding steroid dienone is 3. The molecule has 0 spiro atoms. The molecule has 0 saturated carbocycles. The van der Waals surface area contributed by atoms with Crippen LogP contribution in [0.5, 0.6) is 0 Å². The van der Waals surface area contributed by atoms with Gasteiger partial charge in [-0.1, -0.05) is 25.5 Å². The van der Waals surface area contributed by atoms with Crippen LogP contribution in [0.2, 0.25) is 0 Å². The van der Waals surface area contributed by atoms with E-state index in [2.05, 4.69) is 31.2 Å². The Kier molecular flexibility index (Phi) is 16.1. The summed E-state index contributed by atoms with van der Waals surface area (Å²) in [7, 11) is 3.98. The summed E-state index contributed by atoms with van der Waals surface area (Å²) < 4.78 is 0. The van der Waals surface area contributed by atoms with E-state index in [1.165, 1.54) is 11.1 Å². The number of aliphatic hydroxyl groups is 1. The minimum Gasteiger partial charge on any atom is -0.387 e. The molecule has 0 radical (unpaired) electrons. The Morgan fingerprint density at radius 1 is 0.963 bits per heavy atom. The number of aliphatic hydroxyl groups excluding tert-OH is 1. The third-order valence-electron chi connectivity index (χ3n) is 3.74. The van der Waals surface area contributed by atoms with Crippen LogP contribution < -0.4 is 0 Å². The van der Waals surface area contributed by atoms with Gasteiger partial charge in [0.2, 0.25) is 0 Å². The van der Waals surface area contributed by atoms with Crippen molar-refractivity contribution in [1.82, 2.24) is 4.90 Å².